The first-order chi connectivity index (χ1) is 15.2. The Bertz CT molecular complexity index is 984. The number of piperidine rings is 1. The number of aromatic nitrogens is 4. The summed E-state index contributed by atoms with van der Waals surface area (Å²) in [6.07, 6.45) is 9.92. The number of fused-ring (bicyclic) bond motifs is 1. The molecule has 3 aromatic rings. The van der Waals surface area contributed by atoms with Crippen LogP contribution in [0.25, 0.3) is 0 Å². The lowest BCUT2D eigenvalue weighted by atomic mass is 9.94. The fourth-order valence-electron chi connectivity index (χ4n) is 4.73. The van der Waals surface area contributed by atoms with Crippen LogP contribution in [0.3, 0.4) is 0 Å². The first kappa shape index (κ1) is 20.2. The number of nitrogens with zero attached hydrogens (tertiary/aromatic N) is 4. The second kappa shape index (κ2) is 9.18. The van der Waals surface area contributed by atoms with Gasteiger partial charge in [0.05, 0.1) is 6.33 Å². The highest BCUT2D eigenvalue weighted by Gasteiger charge is 2.24. The topological polar surface area (TPSA) is 86.8 Å². The Morgan fingerprint density at radius 1 is 1.16 bits per heavy atom. The molecule has 1 aliphatic carbocycles. The summed E-state index contributed by atoms with van der Waals surface area (Å²) in [4.78, 5) is 21.9. The van der Waals surface area contributed by atoms with Gasteiger partial charge in [-0.1, -0.05) is 35.6 Å². The molecule has 0 radical (unpaired) electrons. The number of likely N-dealkylation sites (tertiary alicyclic amines) is 1. The molecule has 162 valence electrons. The molecule has 0 bridgehead atoms. The van der Waals surface area contributed by atoms with E-state index in [1.807, 2.05) is 11.1 Å². The molecule has 2 aliphatic rings. The fourth-order valence-corrected chi connectivity index (χ4v) is 5.59. The summed E-state index contributed by atoms with van der Waals surface area (Å²) in [6.45, 7) is 1.67. The summed E-state index contributed by atoms with van der Waals surface area (Å²) < 4.78 is 0. The Labute approximate surface area is 186 Å². The van der Waals surface area contributed by atoms with E-state index in [0.717, 1.165) is 61.8 Å². The van der Waals surface area contributed by atoms with E-state index in [4.69, 9.17) is 0 Å². The lowest BCUT2D eigenvalue weighted by Crippen LogP contribution is -2.37. The molecule has 1 fully saturated rings. The largest absolute Gasteiger partial charge is 0.357 e. The van der Waals surface area contributed by atoms with Crippen LogP contribution in [-0.4, -0.2) is 50.1 Å². The van der Waals surface area contributed by atoms with Crippen molar-refractivity contribution in [2.24, 2.45) is 0 Å². The minimum atomic E-state index is 0.259. The average Bonchev–Trinajstić information content (AvgIpc) is 3.55. The smallest absolute Gasteiger partial charge is 0.222 e. The maximum Gasteiger partial charge on any atom is 0.222 e. The van der Waals surface area contributed by atoms with Gasteiger partial charge < -0.3 is 15.2 Å². The molecular formula is C23H28N6OS. The van der Waals surface area contributed by atoms with Gasteiger partial charge in [0.2, 0.25) is 11.0 Å². The van der Waals surface area contributed by atoms with Crippen LogP contribution in [0.5, 0.6) is 0 Å². The van der Waals surface area contributed by atoms with Gasteiger partial charge in [-0.3, -0.25) is 4.79 Å². The normalized spacial score (nSPS) is 17.1. The summed E-state index contributed by atoms with van der Waals surface area (Å²) >= 11 is 1.62. The van der Waals surface area contributed by atoms with Crippen molar-refractivity contribution >= 4 is 22.4 Å². The van der Waals surface area contributed by atoms with Crippen molar-refractivity contribution in [2.75, 3.05) is 18.4 Å². The number of nitrogens with one attached hydrogen (secondary N) is 2. The van der Waals surface area contributed by atoms with Crippen LogP contribution in [-0.2, 0) is 24.1 Å². The standard InChI is InChI=1S/C23H28N6OS/c30-22(29-10-8-16(9-11-29)20-14-24-15-25-20)7-3-6-21-27-28-23(31-21)26-19-12-17-4-1-2-5-18(17)13-19/h1-2,4-5,14-16,19H,3,6-13H2,(H,24,25)(H,26,28). The molecule has 1 amide bonds. The lowest BCUT2D eigenvalue weighted by molar-refractivity contribution is -0.132. The maximum atomic E-state index is 12.6. The van der Waals surface area contributed by atoms with Gasteiger partial charge in [-0.15, -0.1) is 10.2 Å². The van der Waals surface area contributed by atoms with Crippen LogP contribution in [0.2, 0.25) is 0 Å². The van der Waals surface area contributed by atoms with E-state index in [1.165, 1.54) is 16.8 Å². The number of carbonyl (C=O) groups is 1. The monoisotopic (exact) mass is 436 g/mol. The van der Waals surface area contributed by atoms with Gasteiger partial charge in [-0.2, -0.15) is 0 Å². The molecule has 2 N–H and O–H groups in total. The number of aromatic amines is 1. The zero-order chi connectivity index (χ0) is 21.0. The van der Waals surface area contributed by atoms with E-state index in [0.29, 0.717) is 18.4 Å². The average molecular weight is 437 g/mol. The van der Waals surface area contributed by atoms with Crippen LogP contribution in [0.4, 0.5) is 5.13 Å². The molecule has 1 aliphatic heterocycles. The first-order valence-corrected chi connectivity index (χ1v) is 12.0. The predicted octanol–water partition coefficient (Wildman–Crippen LogP) is 3.57. The number of amides is 1. The Morgan fingerprint density at radius 3 is 2.65 bits per heavy atom. The van der Waals surface area contributed by atoms with Crippen molar-refractivity contribution in [1.82, 2.24) is 25.1 Å². The Hall–Kier alpha value is -2.74. The molecular weight excluding hydrogens is 408 g/mol. The summed E-state index contributed by atoms with van der Waals surface area (Å²) in [5, 5.41) is 14.1. The molecule has 31 heavy (non-hydrogen) atoms. The number of aryl methyl sites for hydroxylation is 1. The minimum Gasteiger partial charge on any atom is -0.357 e. The van der Waals surface area contributed by atoms with E-state index in [-0.39, 0.29) is 5.91 Å². The molecule has 1 saturated heterocycles. The highest BCUT2D eigenvalue weighted by Crippen LogP contribution is 2.28. The van der Waals surface area contributed by atoms with Gasteiger partial charge >= 0.3 is 0 Å². The van der Waals surface area contributed by atoms with Gasteiger partial charge in [-0.05, 0) is 43.2 Å². The second-order valence-corrected chi connectivity index (χ2v) is 9.60. The quantitative estimate of drug-likeness (QED) is 0.591. The molecule has 8 heteroatoms. The molecule has 0 saturated carbocycles. The number of H-pyrrole nitrogens is 1. The van der Waals surface area contributed by atoms with Crippen LogP contribution < -0.4 is 5.32 Å². The van der Waals surface area contributed by atoms with Crippen molar-refractivity contribution in [3.8, 4) is 0 Å². The van der Waals surface area contributed by atoms with Crippen molar-refractivity contribution in [3.63, 3.8) is 0 Å². The predicted molar refractivity (Wildman–Crippen MR) is 121 cm³/mol. The van der Waals surface area contributed by atoms with Crippen molar-refractivity contribution in [1.29, 1.82) is 0 Å². The molecule has 0 unspecified atom stereocenters. The number of benzene rings is 1. The number of rotatable bonds is 7. The highest BCUT2D eigenvalue weighted by atomic mass is 32.1. The maximum absolute atomic E-state index is 12.6. The third-order valence-electron chi connectivity index (χ3n) is 6.43. The van der Waals surface area contributed by atoms with Crippen LogP contribution in [0.1, 0.15) is 53.4 Å². The Balaban J connectivity index is 1.03. The van der Waals surface area contributed by atoms with E-state index >= 15 is 0 Å². The van der Waals surface area contributed by atoms with Crippen molar-refractivity contribution in [3.05, 3.63) is 58.6 Å². The Kier molecular flexibility index (Phi) is 5.97. The van der Waals surface area contributed by atoms with Gasteiger partial charge in [-0.25, -0.2) is 4.98 Å². The number of anilines is 1. The summed E-state index contributed by atoms with van der Waals surface area (Å²) in [7, 11) is 0. The van der Waals surface area contributed by atoms with E-state index in [1.54, 1.807) is 17.7 Å². The van der Waals surface area contributed by atoms with E-state index < -0.39 is 0 Å². The second-order valence-electron chi connectivity index (χ2n) is 8.53. The molecule has 3 heterocycles. The first-order valence-electron chi connectivity index (χ1n) is 11.2. The van der Waals surface area contributed by atoms with Crippen LogP contribution in [0, 0.1) is 0 Å². The molecule has 5 rings (SSSR count). The van der Waals surface area contributed by atoms with Crippen LogP contribution >= 0.6 is 11.3 Å². The zero-order valence-corrected chi connectivity index (χ0v) is 18.4. The van der Waals surface area contributed by atoms with Gasteiger partial charge in [0, 0.05) is 49.8 Å². The van der Waals surface area contributed by atoms with Gasteiger partial charge in [0.25, 0.3) is 0 Å². The van der Waals surface area contributed by atoms with Crippen molar-refractivity contribution in [2.45, 2.75) is 56.9 Å². The SMILES string of the molecule is O=C(CCCc1nnc(NC2Cc3ccccc3C2)s1)N1CCC(c2cnc[nH]2)CC1. The highest BCUT2D eigenvalue weighted by molar-refractivity contribution is 7.15. The van der Waals surface area contributed by atoms with Gasteiger partial charge in [0.15, 0.2) is 0 Å². The van der Waals surface area contributed by atoms with E-state index in [2.05, 4.69) is 49.7 Å². The Morgan fingerprint density at radius 2 is 1.94 bits per heavy atom. The number of hydrogen-bond donors (Lipinski definition) is 2. The number of imidazole rings is 1. The molecule has 0 atom stereocenters. The minimum absolute atomic E-state index is 0.259. The molecule has 2 aromatic heterocycles. The zero-order valence-electron chi connectivity index (χ0n) is 17.6. The molecule has 1 aromatic carbocycles. The van der Waals surface area contributed by atoms with Crippen molar-refractivity contribution < 1.29 is 4.79 Å². The fraction of sp³-hybridized carbons (Fsp3) is 0.478. The lowest BCUT2D eigenvalue weighted by Gasteiger charge is -2.31. The molecule has 0 spiro atoms. The van der Waals surface area contributed by atoms with E-state index in [9.17, 15) is 4.79 Å². The summed E-state index contributed by atoms with van der Waals surface area (Å²) in [5.74, 6) is 0.751. The third kappa shape index (κ3) is 4.79. The summed E-state index contributed by atoms with van der Waals surface area (Å²) in [5.41, 5.74) is 4.04. The molecule has 7 nitrogen and oxygen atoms in total. The third-order valence-corrected chi connectivity index (χ3v) is 7.35. The van der Waals surface area contributed by atoms with Gasteiger partial charge in [0.1, 0.15) is 5.01 Å². The summed E-state index contributed by atoms with van der Waals surface area (Å²) in [6, 6.07) is 9.02. The number of hydrogen-bond acceptors (Lipinski definition) is 6. The van der Waals surface area contributed by atoms with Crippen LogP contribution in [0.15, 0.2) is 36.8 Å². The number of carbonyl (C=O) groups excluding carboxylic acids is 1.